The van der Waals surface area contributed by atoms with E-state index in [1.165, 1.54) is 12.1 Å². The fraction of sp³-hybridized carbons (Fsp3) is 0.405. The molecule has 2 aromatic carbocycles. The van der Waals surface area contributed by atoms with E-state index in [0.29, 0.717) is 64.8 Å². The Hall–Kier alpha value is -6.33. The molecule has 3 atom stereocenters. The number of aromatic amines is 1. The maximum atomic E-state index is 13.1. The summed E-state index contributed by atoms with van der Waals surface area (Å²) in [6.07, 6.45) is 4.35. The lowest BCUT2D eigenvalue weighted by atomic mass is 9.82. The second kappa shape index (κ2) is 16.1. The Balaban J connectivity index is 0.791. The highest BCUT2D eigenvalue weighted by Gasteiger charge is 2.45. The summed E-state index contributed by atoms with van der Waals surface area (Å²) in [5.41, 5.74) is 2.16. The molecule has 2 aromatic heterocycles. The topological polar surface area (TPSA) is 204 Å². The van der Waals surface area contributed by atoms with Crippen molar-refractivity contribution in [1.82, 2.24) is 30.0 Å². The number of amides is 5. The van der Waals surface area contributed by atoms with Crippen LogP contribution in [0.3, 0.4) is 0 Å². The Kier molecular flexibility index (Phi) is 10.8. The van der Waals surface area contributed by atoms with Gasteiger partial charge in [-0.05, 0) is 54.8 Å². The van der Waals surface area contributed by atoms with Crippen LogP contribution in [-0.4, -0.2) is 132 Å². The number of fused-ring (bicyclic) bond motifs is 3. The Morgan fingerprint density at radius 1 is 0.949 bits per heavy atom. The van der Waals surface area contributed by atoms with E-state index in [-0.39, 0.29) is 73.5 Å². The molecule has 3 N–H and O–H groups in total. The highest BCUT2D eigenvalue weighted by molar-refractivity contribution is 6.23. The van der Waals surface area contributed by atoms with E-state index in [1.807, 2.05) is 36.0 Å². The molecule has 3 unspecified atom stereocenters. The zero-order chi connectivity index (χ0) is 41.5. The fourth-order valence-electron chi connectivity index (χ4n) is 8.52. The van der Waals surface area contributed by atoms with E-state index in [0.717, 1.165) is 23.4 Å². The van der Waals surface area contributed by atoms with E-state index in [4.69, 9.17) is 14.2 Å². The number of hydrogen-bond acceptors (Lipinski definition) is 13. The van der Waals surface area contributed by atoms with Crippen LogP contribution >= 0.6 is 0 Å². The molecule has 4 aliphatic rings. The number of benzene rings is 2. The van der Waals surface area contributed by atoms with E-state index in [9.17, 15) is 33.9 Å². The number of phenols is 1. The molecule has 3 saturated heterocycles. The predicted octanol–water partition coefficient (Wildman–Crippen LogP) is 2.29. The molecule has 3 fully saturated rings. The van der Waals surface area contributed by atoms with Crippen LogP contribution in [0.2, 0.25) is 0 Å². The number of carbonyl (C=O) groups is 5. The number of aromatic nitrogens is 2. The van der Waals surface area contributed by atoms with Crippen molar-refractivity contribution < 1.29 is 43.3 Å². The zero-order valence-electron chi connectivity index (χ0n) is 33.0. The Labute approximate surface area is 338 Å². The summed E-state index contributed by atoms with van der Waals surface area (Å²) in [5, 5.41) is 14.6. The molecule has 4 aliphatic heterocycles. The SMILES string of the molecule is COc1cc(-c2c[nH]c(=O)c3cnc(N(C)C)cc23)cc(O)c1CN1CC2CN(C(=O)CCOCCOc3ccc4c(c3)C(=O)N(C3CCC(=O)NC3=O)C4=O)CCC21. The van der Waals surface area contributed by atoms with Crippen molar-refractivity contribution in [2.24, 2.45) is 5.92 Å². The molecule has 308 valence electrons. The van der Waals surface area contributed by atoms with Crippen molar-refractivity contribution in [2.45, 2.75) is 44.3 Å². The number of ether oxygens (including phenoxy) is 3. The van der Waals surface area contributed by atoms with E-state index in [1.54, 1.807) is 31.6 Å². The lowest BCUT2D eigenvalue weighted by Crippen LogP contribution is -2.63. The molecule has 6 heterocycles. The number of methoxy groups -OCH3 is 1. The molecule has 17 heteroatoms. The van der Waals surface area contributed by atoms with Gasteiger partial charge in [-0.2, -0.15) is 0 Å². The second-order valence-electron chi connectivity index (χ2n) is 15.4. The van der Waals surface area contributed by atoms with Crippen molar-refractivity contribution in [3.8, 4) is 28.4 Å². The van der Waals surface area contributed by atoms with Gasteiger partial charge in [-0.25, -0.2) is 4.98 Å². The second-order valence-corrected chi connectivity index (χ2v) is 15.4. The first kappa shape index (κ1) is 39.5. The van der Waals surface area contributed by atoms with E-state index >= 15 is 0 Å². The predicted molar refractivity (Wildman–Crippen MR) is 213 cm³/mol. The lowest BCUT2D eigenvalue weighted by Gasteiger charge is -2.53. The first-order valence-corrected chi connectivity index (χ1v) is 19.6. The van der Waals surface area contributed by atoms with Crippen molar-refractivity contribution in [3.05, 3.63) is 75.8 Å². The molecule has 0 bridgehead atoms. The van der Waals surface area contributed by atoms with Crippen LogP contribution in [0.15, 0.2) is 53.6 Å². The summed E-state index contributed by atoms with van der Waals surface area (Å²) in [4.78, 5) is 89.7. The van der Waals surface area contributed by atoms with Crippen LogP contribution in [0.5, 0.6) is 17.2 Å². The number of rotatable bonds is 13. The summed E-state index contributed by atoms with van der Waals surface area (Å²) >= 11 is 0. The lowest BCUT2D eigenvalue weighted by molar-refractivity contribution is -0.140. The number of pyridine rings is 2. The van der Waals surface area contributed by atoms with Crippen molar-refractivity contribution in [3.63, 3.8) is 0 Å². The smallest absolute Gasteiger partial charge is 0.262 e. The monoisotopic (exact) mass is 807 g/mol. The summed E-state index contributed by atoms with van der Waals surface area (Å²) < 4.78 is 17.2. The molecular weight excluding hydrogens is 763 g/mol. The van der Waals surface area contributed by atoms with Gasteiger partial charge in [-0.3, -0.25) is 43.9 Å². The molecule has 0 saturated carbocycles. The number of nitrogens with one attached hydrogen (secondary N) is 2. The minimum absolute atomic E-state index is 0.0170. The maximum Gasteiger partial charge on any atom is 0.262 e. The standard InChI is InChI=1S/C42H45N7O10/c1-46(2)36-17-27-29(18-44-39(53)30(27)19-43-36)23-14-34(50)31(35(15-23)57-3)22-48-21-24-20-47(10-8-32(24)48)38(52)9-11-58-12-13-59-25-4-5-26-28(16-25)42(56)49(41(26)55)33-6-7-37(51)45-40(33)54/h4-5,14-19,24,32-33,50H,6-13,20-22H2,1-3H3,(H,44,53)(H,45,51,54). The number of nitrogens with zero attached hydrogens (tertiary/aromatic N) is 5. The minimum Gasteiger partial charge on any atom is -0.507 e. The third-order valence-electron chi connectivity index (χ3n) is 11.7. The molecule has 0 spiro atoms. The number of carbonyl (C=O) groups excluding carboxylic acids is 5. The zero-order valence-corrected chi connectivity index (χ0v) is 33.0. The third-order valence-corrected chi connectivity index (χ3v) is 11.7. The molecule has 4 aromatic rings. The number of piperidine rings is 2. The van der Waals surface area contributed by atoms with Gasteiger partial charge in [0.1, 0.15) is 35.7 Å². The molecular formula is C42H45N7O10. The number of hydrogen-bond donors (Lipinski definition) is 3. The van der Waals surface area contributed by atoms with Crippen LogP contribution < -0.4 is 25.2 Å². The average Bonchev–Trinajstić information content (AvgIpc) is 3.45. The summed E-state index contributed by atoms with van der Waals surface area (Å²) in [7, 11) is 5.33. The molecule has 5 amide bonds. The van der Waals surface area contributed by atoms with Gasteiger partial charge in [-0.1, -0.05) is 0 Å². The fourth-order valence-corrected chi connectivity index (χ4v) is 8.52. The van der Waals surface area contributed by atoms with E-state index in [2.05, 4.69) is 20.2 Å². The van der Waals surface area contributed by atoms with Crippen molar-refractivity contribution in [2.75, 3.05) is 65.6 Å². The third kappa shape index (κ3) is 7.58. The highest BCUT2D eigenvalue weighted by atomic mass is 16.5. The van der Waals surface area contributed by atoms with Crippen LogP contribution in [-0.2, 0) is 25.7 Å². The Bertz CT molecular complexity index is 2430. The van der Waals surface area contributed by atoms with Gasteiger partial charge in [0.2, 0.25) is 17.7 Å². The van der Waals surface area contributed by atoms with Crippen LogP contribution in [0.4, 0.5) is 5.82 Å². The first-order chi connectivity index (χ1) is 28.4. The summed E-state index contributed by atoms with van der Waals surface area (Å²) in [6.45, 7) is 3.09. The van der Waals surface area contributed by atoms with E-state index < -0.39 is 29.7 Å². The average molecular weight is 808 g/mol. The summed E-state index contributed by atoms with van der Waals surface area (Å²) in [6, 6.07) is 9.17. The highest BCUT2D eigenvalue weighted by Crippen LogP contribution is 2.41. The van der Waals surface area contributed by atoms with Crippen LogP contribution in [0.25, 0.3) is 21.9 Å². The number of H-pyrrole nitrogens is 1. The number of likely N-dealkylation sites (tertiary alicyclic amines) is 2. The normalized spacial score (nSPS) is 20.3. The van der Waals surface area contributed by atoms with Gasteiger partial charge in [0, 0.05) is 87.6 Å². The Morgan fingerprint density at radius 3 is 2.53 bits per heavy atom. The quantitative estimate of drug-likeness (QED) is 0.131. The largest absolute Gasteiger partial charge is 0.507 e. The first-order valence-electron chi connectivity index (χ1n) is 19.6. The number of imide groups is 2. The molecule has 59 heavy (non-hydrogen) atoms. The van der Waals surface area contributed by atoms with Crippen LogP contribution in [0.1, 0.15) is 52.0 Å². The van der Waals surface area contributed by atoms with Gasteiger partial charge >= 0.3 is 0 Å². The molecule has 0 aliphatic carbocycles. The van der Waals surface area contributed by atoms with Gasteiger partial charge in [-0.15, -0.1) is 0 Å². The van der Waals surface area contributed by atoms with Gasteiger partial charge in [0.25, 0.3) is 17.4 Å². The van der Waals surface area contributed by atoms with Crippen molar-refractivity contribution >= 4 is 46.1 Å². The minimum atomic E-state index is -1.04. The van der Waals surface area contributed by atoms with Crippen LogP contribution in [0, 0.1) is 5.92 Å². The maximum absolute atomic E-state index is 13.1. The number of aromatic hydroxyl groups is 1. The Morgan fingerprint density at radius 2 is 1.76 bits per heavy atom. The van der Waals surface area contributed by atoms with Gasteiger partial charge in [0.15, 0.2) is 0 Å². The molecule has 0 radical (unpaired) electrons. The summed E-state index contributed by atoms with van der Waals surface area (Å²) in [5.74, 6) is -0.279. The molecule has 17 nitrogen and oxygen atoms in total. The molecule has 8 rings (SSSR count). The van der Waals surface area contributed by atoms with Crippen molar-refractivity contribution in [1.29, 1.82) is 0 Å². The number of phenolic OH excluding ortho intramolecular Hbond substituents is 1. The van der Waals surface area contributed by atoms with Gasteiger partial charge in [0.05, 0.1) is 43.3 Å². The number of anilines is 1. The van der Waals surface area contributed by atoms with Gasteiger partial charge < -0.3 is 34.1 Å².